The van der Waals surface area contributed by atoms with Gasteiger partial charge in [0.25, 0.3) is 0 Å². The summed E-state index contributed by atoms with van der Waals surface area (Å²) in [6.45, 7) is 15.0. The van der Waals surface area contributed by atoms with E-state index in [1.54, 1.807) is 0 Å². The molecule has 0 aromatic heterocycles. The smallest absolute Gasteiger partial charge is 0.00238 e. The molecule has 1 unspecified atom stereocenters. The van der Waals surface area contributed by atoms with Crippen LogP contribution in [0.5, 0.6) is 0 Å². The zero-order valence-corrected chi connectivity index (χ0v) is 9.15. The molecule has 0 heteroatoms. The normalized spacial score (nSPS) is 12.8. The predicted molar refractivity (Wildman–Crippen MR) is 57.2 cm³/mol. The second kappa shape index (κ2) is 5.18. The molecule has 0 nitrogen and oxygen atoms in total. The number of allylic oxidation sites excluding steroid dienone is 3. The molecule has 0 N–H and O–H groups in total. The summed E-state index contributed by atoms with van der Waals surface area (Å²) in [6.07, 6.45) is 3.54. The molecule has 0 saturated heterocycles. The summed E-state index contributed by atoms with van der Waals surface area (Å²) in [6, 6.07) is 0. The van der Waals surface area contributed by atoms with Gasteiger partial charge in [-0.2, -0.15) is 0 Å². The Bertz CT molecular complexity index is 168. The first-order valence-corrected chi connectivity index (χ1v) is 4.74. The quantitative estimate of drug-likeness (QED) is 0.549. The summed E-state index contributed by atoms with van der Waals surface area (Å²) < 4.78 is 0. The van der Waals surface area contributed by atoms with Crippen molar-refractivity contribution in [2.24, 2.45) is 11.8 Å². The van der Waals surface area contributed by atoms with E-state index >= 15 is 0 Å². The fourth-order valence-electron chi connectivity index (χ4n) is 1.32. The first-order valence-electron chi connectivity index (χ1n) is 4.74. The van der Waals surface area contributed by atoms with Gasteiger partial charge in [0, 0.05) is 0 Å². The Morgan fingerprint density at radius 1 is 1.25 bits per heavy atom. The molecule has 0 fully saturated rings. The minimum absolute atomic E-state index is 0.579. The van der Waals surface area contributed by atoms with Gasteiger partial charge in [0.05, 0.1) is 0 Å². The fourth-order valence-corrected chi connectivity index (χ4v) is 1.32. The minimum Gasteiger partial charge on any atom is -0.0995 e. The molecule has 1 atom stereocenters. The van der Waals surface area contributed by atoms with Gasteiger partial charge in [0.1, 0.15) is 0 Å². The average molecular weight is 166 g/mol. The first-order chi connectivity index (χ1) is 5.43. The van der Waals surface area contributed by atoms with Gasteiger partial charge in [-0.3, -0.25) is 0 Å². The summed E-state index contributed by atoms with van der Waals surface area (Å²) in [5.41, 5.74) is 2.67. The minimum atomic E-state index is 0.579. The Labute approximate surface area is 77.4 Å². The highest BCUT2D eigenvalue weighted by Crippen LogP contribution is 2.21. The third kappa shape index (κ3) is 5.17. The second-order valence-electron chi connectivity index (χ2n) is 4.33. The van der Waals surface area contributed by atoms with Crippen molar-refractivity contribution in [3.8, 4) is 0 Å². The molecule has 12 heavy (non-hydrogen) atoms. The number of hydrogen-bond donors (Lipinski definition) is 0. The molecular weight excluding hydrogens is 144 g/mol. The topological polar surface area (TPSA) is 0 Å². The Morgan fingerprint density at radius 3 is 2.00 bits per heavy atom. The average Bonchev–Trinajstić information content (AvgIpc) is 1.83. The maximum absolute atomic E-state index is 4.02. The van der Waals surface area contributed by atoms with Gasteiger partial charge in [-0.25, -0.2) is 0 Å². The van der Waals surface area contributed by atoms with E-state index in [4.69, 9.17) is 0 Å². The number of rotatable bonds is 4. The van der Waals surface area contributed by atoms with Crippen molar-refractivity contribution in [1.82, 2.24) is 0 Å². The molecule has 0 aliphatic rings. The van der Waals surface area contributed by atoms with E-state index in [-0.39, 0.29) is 0 Å². The molecule has 0 saturated carbocycles. The van der Waals surface area contributed by atoms with Crippen LogP contribution in [0.1, 0.15) is 41.0 Å². The molecule has 0 heterocycles. The summed E-state index contributed by atoms with van der Waals surface area (Å²) >= 11 is 0. The SMILES string of the molecule is C=C(C)C(C=C(C)C)CC(C)C. The largest absolute Gasteiger partial charge is 0.0995 e. The van der Waals surface area contributed by atoms with Gasteiger partial charge < -0.3 is 0 Å². The lowest BCUT2D eigenvalue weighted by Crippen LogP contribution is -2.02. The molecule has 0 aromatic rings. The van der Waals surface area contributed by atoms with Gasteiger partial charge >= 0.3 is 0 Å². The van der Waals surface area contributed by atoms with Gasteiger partial charge in [-0.1, -0.05) is 37.6 Å². The van der Waals surface area contributed by atoms with Crippen LogP contribution in [0.25, 0.3) is 0 Å². The van der Waals surface area contributed by atoms with Gasteiger partial charge in [0.15, 0.2) is 0 Å². The monoisotopic (exact) mass is 166 g/mol. The van der Waals surface area contributed by atoms with Crippen LogP contribution >= 0.6 is 0 Å². The molecule has 0 aliphatic carbocycles. The maximum Gasteiger partial charge on any atom is -0.00238 e. The van der Waals surface area contributed by atoms with Crippen molar-refractivity contribution in [3.63, 3.8) is 0 Å². The molecule has 0 radical (unpaired) electrons. The van der Waals surface area contributed by atoms with Crippen molar-refractivity contribution in [2.75, 3.05) is 0 Å². The molecule has 0 aliphatic heterocycles. The summed E-state index contributed by atoms with van der Waals surface area (Å²) in [5, 5.41) is 0. The van der Waals surface area contributed by atoms with Crippen LogP contribution in [0.2, 0.25) is 0 Å². The molecule has 0 rings (SSSR count). The van der Waals surface area contributed by atoms with E-state index in [1.807, 2.05) is 0 Å². The maximum atomic E-state index is 4.02. The number of hydrogen-bond acceptors (Lipinski definition) is 0. The highest BCUT2D eigenvalue weighted by atomic mass is 14.1. The van der Waals surface area contributed by atoms with E-state index < -0.39 is 0 Å². The van der Waals surface area contributed by atoms with Crippen molar-refractivity contribution in [3.05, 3.63) is 23.8 Å². The van der Waals surface area contributed by atoms with E-state index in [0.717, 1.165) is 5.92 Å². The predicted octanol–water partition coefficient (Wildman–Crippen LogP) is 4.19. The third-order valence-corrected chi connectivity index (χ3v) is 1.89. The van der Waals surface area contributed by atoms with Gasteiger partial charge in [-0.05, 0) is 39.0 Å². The molecule has 0 aromatic carbocycles. The summed E-state index contributed by atoms with van der Waals surface area (Å²) in [5.74, 6) is 1.33. The van der Waals surface area contributed by atoms with Crippen molar-refractivity contribution < 1.29 is 0 Å². The van der Waals surface area contributed by atoms with E-state index in [9.17, 15) is 0 Å². The van der Waals surface area contributed by atoms with Crippen LogP contribution in [0, 0.1) is 11.8 Å². The van der Waals surface area contributed by atoms with E-state index in [1.165, 1.54) is 17.6 Å². The molecule has 0 bridgehead atoms. The second-order valence-corrected chi connectivity index (χ2v) is 4.33. The van der Waals surface area contributed by atoms with E-state index in [2.05, 4.69) is 47.3 Å². The van der Waals surface area contributed by atoms with Crippen LogP contribution in [-0.2, 0) is 0 Å². The third-order valence-electron chi connectivity index (χ3n) is 1.89. The Hall–Kier alpha value is -0.520. The Morgan fingerprint density at radius 2 is 1.75 bits per heavy atom. The van der Waals surface area contributed by atoms with Gasteiger partial charge in [0.2, 0.25) is 0 Å². The lowest BCUT2D eigenvalue weighted by atomic mass is 9.90. The highest BCUT2D eigenvalue weighted by Gasteiger charge is 2.07. The van der Waals surface area contributed by atoms with Crippen LogP contribution in [0.4, 0.5) is 0 Å². The molecule has 70 valence electrons. The van der Waals surface area contributed by atoms with Crippen molar-refractivity contribution >= 4 is 0 Å². The molecular formula is C12H22. The van der Waals surface area contributed by atoms with Crippen molar-refractivity contribution in [1.29, 1.82) is 0 Å². The van der Waals surface area contributed by atoms with Gasteiger partial charge in [-0.15, -0.1) is 0 Å². The zero-order valence-electron chi connectivity index (χ0n) is 9.15. The Balaban J connectivity index is 4.25. The van der Waals surface area contributed by atoms with Crippen LogP contribution in [-0.4, -0.2) is 0 Å². The van der Waals surface area contributed by atoms with Crippen LogP contribution in [0.3, 0.4) is 0 Å². The summed E-state index contributed by atoms with van der Waals surface area (Å²) in [7, 11) is 0. The lowest BCUT2D eigenvalue weighted by Gasteiger charge is -2.15. The van der Waals surface area contributed by atoms with Crippen molar-refractivity contribution in [2.45, 2.75) is 41.0 Å². The van der Waals surface area contributed by atoms with Crippen LogP contribution < -0.4 is 0 Å². The van der Waals surface area contributed by atoms with Crippen LogP contribution in [0.15, 0.2) is 23.8 Å². The lowest BCUT2D eigenvalue weighted by molar-refractivity contribution is 0.517. The molecule has 0 amide bonds. The summed E-state index contributed by atoms with van der Waals surface area (Å²) in [4.78, 5) is 0. The zero-order chi connectivity index (χ0) is 9.72. The Kier molecular flexibility index (Phi) is 4.96. The molecule has 0 spiro atoms. The van der Waals surface area contributed by atoms with E-state index in [0.29, 0.717) is 5.92 Å². The standard InChI is InChI=1S/C12H22/c1-9(2)7-12(11(5)6)8-10(3)4/h7,10,12H,5,8H2,1-4,6H3. The first kappa shape index (κ1) is 11.5. The highest BCUT2D eigenvalue weighted by molar-refractivity contribution is 5.10. The fraction of sp³-hybridized carbons (Fsp3) is 0.667.